The van der Waals surface area contributed by atoms with Crippen molar-refractivity contribution in [2.75, 3.05) is 26.4 Å². The molecule has 0 aliphatic heterocycles. The molecule has 0 atom stereocenters. The average molecular weight is 1510 g/mol. The maximum Gasteiger partial charge on any atom is 0.516 e. The van der Waals surface area contributed by atoms with Crippen molar-refractivity contribution in [3.8, 4) is 51.6 Å². The Morgan fingerprint density at radius 2 is 0.868 bits per heavy atom. The van der Waals surface area contributed by atoms with Crippen molar-refractivity contribution in [1.29, 1.82) is 5.26 Å². The topological polar surface area (TPSA) is 227 Å². The van der Waals surface area contributed by atoms with E-state index in [0.29, 0.717) is 101 Å². The van der Waals surface area contributed by atoms with E-state index in [1.54, 1.807) is 24.3 Å². The van der Waals surface area contributed by atoms with Crippen LogP contribution in [-0.4, -0.2) is 98.7 Å². The predicted molar refractivity (Wildman–Crippen MR) is 400 cm³/mol. The van der Waals surface area contributed by atoms with Gasteiger partial charge in [0, 0.05) is 52.5 Å². The molecule has 18 nitrogen and oxygen atoms in total. The van der Waals surface area contributed by atoms with Gasteiger partial charge in [-0.15, -0.1) is 22.7 Å². The number of nitrogens with zero attached hydrogens (tertiary/aromatic N) is 6. The lowest BCUT2D eigenvalue weighted by Crippen LogP contribution is -2.54. The normalized spacial score (nSPS) is 12.5. The highest BCUT2D eigenvalue weighted by Crippen LogP contribution is 2.40. The molecule has 0 bridgehead atoms. The van der Waals surface area contributed by atoms with Gasteiger partial charge in [-0.05, 0) is 123 Å². The summed E-state index contributed by atoms with van der Waals surface area (Å²) in [7, 11) is -11.8. The fraction of sp³-hybridized carbons (Fsp3) is 0.184. The quantitative estimate of drug-likeness (QED) is 0.0202. The zero-order valence-corrected chi connectivity index (χ0v) is 59.8. The molecule has 8 aromatic carbocycles. The van der Waals surface area contributed by atoms with E-state index < -0.39 is 69.4 Å². The van der Waals surface area contributed by atoms with Crippen LogP contribution in [0.15, 0.2) is 206 Å². The predicted octanol–water partition coefficient (Wildman–Crippen LogP) is 11.9. The number of ether oxygens (including phenoxy) is 4. The number of carbonyl (C=O) groups excluding carboxylic acids is 2. The Hall–Kier alpha value is -11.2. The Kier molecular flexibility index (Phi) is 22.5. The summed E-state index contributed by atoms with van der Waals surface area (Å²) in [6.07, 6.45) is -0.884. The van der Waals surface area contributed by atoms with Gasteiger partial charge in [0.25, 0.3) is 0 Å². The number of hydrogen-bond donors (Lipinski definition) is 2. The number of sulfonamides is 2. The fourth-order valence-electron chi connectivity index (χ4n) is 12.5. The van der Waals surface area contributed by atoms with Gasteiger partial charge in [-0.25, -0.2) is 24.3 Å². The van der Waals surface area contributed by atoms with Crippen LogP contribution in [0.5, 0.6) is 23.0 Å². The van der Waals surface area contributed by atoms with Crippen LogP contribution in [-0.2, 0) is 29.6 Å². The van der Waals surface area contributed by atoms with Crippen LogP contribution in [0.4, 0.5) is 26.3 Å². The van der Waals surface area contributed by atoms with Crippen molar-refractivity contribution in [3.63, 3.8) is 0 Å². The van der Waals surface area contributed by atoms with E-state index >= 15 is 0 Å². The van der Waals surface area contributed by atoms with E-state index in [1.807, 2.05) is 196 Å². The van der Waals surface area contributed by atoms with Gasteiger partial charge in [0.05, 0.1) is 58.8 Å². The molecule has 0 saturated heterocycles. The minimum absolute atomic E-state index is 0.0309. The molecule has 0 fully saturated rings. The minimum atomic E-state index is -5.91. The van der Waals surface area contributed by atoms with Gasteiger partial charge in [0.15, 0.2) is 0 Å². The molecule has 0 saturated carbocycles. The molecule has 2 amide bonds. The van der Waals surface area contributed by atoms with Gasteiger partial charge < -0.3 is 27.9 Å². The van der Waals surface area contributed by atoms with Crippen molar-refractivity contribution in [3.05, 3.63) is 238 Å². The molecule has 0 unspecified atom stereocenters. The lowest BCUT2D eigenvalue weighted by Gasteiger charge is -2.24. The third-order valence-corrected chi connectivity index (χ3v) is 21.4. The molecule has 0 spiro atoms. The summed E-state index contributed by atoms with van der Waals surface area (Å²) in [6, 6.07) is 67.0. The monoisotopic (exact) mass is 1510 g/mol. The molecule has 0 aliphatic carbocycles. The van der Waals surface area contributed by atoms with E-state index in [-0.39, 0.29) is 50.2 Å². The van der Waals surface area contributed by atoms with E-state index in [9.17, 15) is 64.6 Å². The molecule has 4 aromatic heterocycles. The summed E-state index contributed by atoms with van der Waals surface area (Å²) in [5.41, 5.74) is -4.79. The van der Waals surface area contributed by atoms with Crippen LogP contribution in [0.1, 0.15) is 62.4 Å². The van der Waals surface area contributed by atoms with Crippen molar-refractivity contribution in [2.45, 2.75) is 63.4 Å². The molecule has 0 aliphatic rings. The van der Waals surface area contributed by atoms with Crippen LogP contribution in [0.3, 0.4) is 0 Å². The van der Waals surface area contributed by atoms with Gasteiger partial charge in [-0.1, -0.05) is 143 Å². The van der Waals surface area contributed by atoms with E-state index in [4.69, 9.17) is 28.9 Å². The second-order valence-corrected chi connectivity index (χ2v) is 29.5. The highest BCUT2D eigenvalue weighted by Gasteiger charge is 2.48. The van der Waals surface area contributed by atoms with Crippen molar-refractivity contribution >= 4 is 133 Å². The van der Waals surface area contributed by atoms with Crippen molar-refractivity contribution < 1.29 is 71.7 Å². The number of hydrogen-bond acceptors (Lipinski definition) is 15. The number of unbranched alkanes of at least 4 members (excludes halogenated alkanes) is 2. The van der Waals surface area contributed by atoms with Crippen LogP contribution in [0.25, 0.3) is 69.8 Å². The van der Waals surface area contributed by atoms with Gasteiger partial charge in [-0.2, -0.15) is 48.4 Å². The number of nitrogens with one attached hydrogen (secondary N) is 2. The Morgan fingerprint density at radius 3 is 1.24 bits per heavy atom. The number of nitriles is 1. The molecule has 106 heavy (non-hydrogen) atoms. The first-order valence-electron chi connectivity index (χ1n) is 33.3. The average Bonchev–Trinajstić information content (AvgIpc) is 1.52. The third kappa shape index (κ3) is 16.1. The zero-order chi connectivity index (χ0) is 74.9. The maximum absolute atomic E-state index is 13.1. The number of halogens is 6. The van der Waals surface area contributed by atoms with Gasteiger partial charge >= 0.3 is 44.8 Å². The van der Waals surface area contributed by atoms with E-state index in [1.165, 1.54) is 22.7 Å². The molecule has 2 N–H and O–H groups in total. The second-order valence-electron chi connectivity index (χ2n) is 24.1. The number of aromatic nitrogens is 4. The highest BCUT2D eigenvalue weighted by molar-refractivity contribution is 7.91. The number of thiazole rings is 2. The lowest BCUT2D eigenvalue weighted by atomic mass is 9.50. The summed E-state index contributed by atoms with van der Waals surface area (Å²) in [5.74, 6) is -0.874. The third-order valence-electron chi connectivity index (χ3n) is 17.1. The van der Waals surface area contributed by atoms with Crippen LogP contribution >= 0.6 is 22.7 Å². The number of rotatable bonds is 28. The van der Waals surface area contributed by atoms with Crippen LogP contribution in [0.2, 0.25) is 0 Å². The highest BCUT2D eigenvalue weighted by atomic mass is 32.2. The van der Waals surface area contributed by atoms with E-state index in [0.717, 1.165) is 40.7 Å². The first-order valence-corrected chi connectivity index (χ1v) is 37.9. The van der Waals surface area contributed by atoms with Crippen LogP contribution < -0.4 is 60.9 Å². The molecule has 30 heteroatoms. The Labute approximate surface area is 613 Å². The molecule has 538 valence electrons. The summed E-state index contributed by atoms with van der Waals surface area (Å²) < 4.78 is 158. The van der Waals surface area contributed by atoms with Crippen LogP contribution in [0, 0.1) is 17.9 Å². The van der Waals surface area contributed by atoms with E-state index in [2.05, 4.69) is 19.9 Å². The standard InChI is InChI=1S/C76H62B2F6N8O10S4/c1-4-99-57-40-42-62-60(46-57)87-73(103-62)59(48-85)71-66-67(70(91(71)77(51-22-10-6-11-23-51)52-24-12-7-13-25-52)50-34-38-56(39-35-50)102-45-21-19-31-65(94)90-106(97,98)76(82,83)84)72(68(86-3)74-88-61-47-58(100-5-2)41-43-63(61)104-74)92(78(53-26-14-8-15-27-53)54-28-16-9-17-29-54)69(66)49-32-36-55(37-33-49)101-44-20-18-30-64(93)89-105(95,96)75(79,80)81/h6-17,22-29,32-43,46-47H,4-5,18-21,30-31,44-45H2,1-2H3,(H,89,93)(H,90,94)/b71-59-,72-68+. The maximum atomic E-state index is 13.1. The summed E-state index contributed by atoms with van der Waals surface area (Å²) >= 11 is 2.61. The largest absolute Gasteiger partial charge is 0.516 e. The molecule has 12 rings (SSSR count). The fourth-order valence-corrected chi connectivity index (χ4v) is 15.4. The lowest BCUT2D eigenvalue weighted by molar-refractivity contribution is -0.120. The minimum Gasteiger partial charge on any atom is -0.494 e. The van der Waals surface area contributed by atoms with Crippen molar-refractivity contribution in [2.24, 2.45) is 0 Å². The molecule has 0 radical (unpaired) electrons. The van der Waals surface area contributed by atoms with Crippen molar-refractivity contribution in [1.82, 2.24) is 28.4 Å². The molecular weight excluding hydrogens is 1450 g/mol. The molecular formula is C76H62B2F6N8O10S4. The number of amides is 2. The summed E-state index contributed by atoms with van der Waals surface area (Å²) in [4.78, 5) is 40.0. The second kappa shape index (κ2) is 32.1. The van der Waals surface area contributed by atoms with Gasteiger partial charge in [0.2, 0.25) is 17.5 Å². The first-order chi connectivity index (χ1) is 51.0. The number of benzene rings is 8. The SMILES string of the molecule is [C-]#[N+]/C(c1nc2cc(OCC)ccc2s1)=c1\c2c(-c3ccc(OCCCCC(=O)NS(=O)(=O)C(F)(F)F)cc3)n(B(c3ccccc3)c3ccccc3)/c(=C(/C#N)c3nc4cc(OCC)ccc4s3)c2c(-c2ccc(OCCCCC(=O)NS(=O)(=O)C(F)(F)F)cc2)n1B(c1ccccc1)c1ccccc1. The number of alkyl halides is 6. The Bertz CT molecular complexity index is 5250. The molecule has 4 heterocycles. The Morgan fingerprint density at radius 1 is 0.509 bits per heavy atom. The number of fused-ring (bicyclic) bond motifs is 3. The first kappa shape index (κ1) is 74.5. The Balaban J connectivity index is 1.20. The summed E-state index contributed by atoms with van der Waals surface area (Å²) in [5, 5.41) is 14.9. The number of carbonyl (C=O) groups is 2. The zero-order valence-electron chi connectivity index (χ0n) is 56.5. The van der Waals surface area contributed by atoms with Gasteiger partial charge in [0.1, 0.15) is 44.7 Å². The van der Waals surface area contributed by atoms with Gasteiger partial charge in [-0.3, -0.25) is 9.59 Å². The smallest absolute Gasteiger partial charge is 0.494 e. The molecule has 12 aromatic rings. The summed E-state index contributed by atoms with van der Waals surface area (Å²) in [6.45, 7) is 12.5.